The normalized spacial score (nSPS) is 11.0. The molecule has 0 saturated carbocycles. The van der Waals surface area contributed by atoms with Crippen molar-refractivity contribution >= 4 is 21.4 Å². The summed E-state index contributed by atoms with van der Waals surface area (Å²) in [4.78, 5) is 10.4. The Hall–Kier alpha value is -2.87. The van der Waals surface area contributed by atoms with Crippen molar-refractivity contribution < 1.29 is 18.1 Å². The molecule has 0 fully saturated rings. The summed E-state index contributed by atoms with van der Waals surface area (Å²) in [6.07, 6.45) is 1.45. The van der Waals surface area contributed by atoms with E-state index in [-0.39, 0.29) is 17.1 Å². The molecule has 0 N–H and O–H groups in total. The maximum atomic E-state index is 13.0. The number of hydrogen-bond acceptors (Lipinski definition) is 5. The Morgan fingerprint density at radius 2 is 1.88 bits per heavy atom. The number of ether oxygens (including phenoxy) is 1. The summed E-state index contributed by atoms with van der Waals surface area (Å²) in [6.45, 7) is 5.17. The van der Waals surface area contributed by atoms with Crippen LogP contribution in [-0.4, -0.2) is 27.0 Å². The van der Waals surface area contributed by atoms with Crippen molar-refractivity contribution in [2.75, 3.05) is 18.0 Å². The predicted molar refractivity (Wildman–Crippen MR) is 95.6 cm³/mol. The molecule has 0 amide bonds. The zero-order valence-corrected chi connectivity index (χ0v) is 14.7. The number of aryl methyl sites for hydroxylation is 1. The first-order valence-corrected chi connectivity index (χ1v) is 8.78. The summed E-state index contributed by atoms with van der Waals surface area (Å²) >= 11 is 0. The number of benzene rings is 2. The van der Waals surface area contributed by atoms with Gasteiger partial charge in [0.15, 0.2) is 0 Å². The van der Waals surface area contributed by atoms with Crippen LogP contribution in [0.2, 0.25) is 0 Å². The largest absolute Gasteiger partial charge is 0.497 e. The third kappa shape index (κ3) is 3.80. The maximum absolute atomic E-state index is 13.0. The lowest BCUT2D eigenvalue weighted by atomic mass is 10.2. The van der Waals surface area contributed by atoms with Crippen molar-refractivity contribution in [3.63, 3.8) is 0 Å². The Kier molecular flexibility index (Phi) is 5.43. The molecule has 0 aliphatic heterocycles. The van der Waals surface area contributed by atoms with E-state index in [9.17, 15) is 18.5 Å². The minimum Gasteiger partial charge on any atom is -0.497 e. The molecule has 0 saturated heterocycles. The number of nitrogens with zero attached hydrogens (tertiary/aromatic N) is 2. The fourth-order valence-corrected chi connectivity index (χ4v) is 3.74. The third-order valence-electron chi connectivity index (χ3n) is 3.62. The Balaban J connectivity index is 2.54. The molecule has 0 radical (unpaired) electrons. The van der Waals surface area contributed by atoms with Crippen LogP contribution in [0, 0.1) is 17.0 Å². The number of methoxy groups -OCH3 is 1. The van der Waals surface area contributed by atoms with Crippen LogP contribution in [-0.2, 0) is 10.0 Å². The lowest BCUT2D eigenvalue weighted by Crippen LogP contribution is -2.31. The Morgan fingerprint density at radius 3 is 2.40 bits per heavy atom. The van der Waals surface area contributed by atoms with Crippen LogP contribution in [0.15, 0.2) is 60.0 Å². The molecule has 2 aromatic rings. The topological polar surface area (TPSA) is 89.8 Å². The highest BCUT2D eigenvalue weighted by atomic mass is 32.2. The smallest absolute Gasteiger partial charge is 0.273 e. The molecular weight excluding hydrogens is 344 g/mol. The van der Waals surface area contributed by atoms with Gasteiger partial charge >= 0.3 is 0 Å². The van der Waals surface area contributed by atoms with Gasteiger partial charge < -0.3 is 4.74 Å². The van der Waals surface area contributed by atoms with Gasteiger partial charge in [-0.05, 0) is 37.3 Å². The molecule has 0 aliphatic rings. The number of anilines is 1. The highest BCUT2D eigenvalue weighted by Crippen LogP contribution is 2.28. The van der Waals surface area contributed by atoms with Crippen LogP contribution >= 0.6 is 0 Å². The predicted octanol–water partition coefficient (Wildman–Crippen LogP) is 3.29. The molecule has 0 heterocycles. The van der Waals surface area contributed by atoms with Gasteiger partial charge in [0.1, 0.15) is 5.75 Å². The summed E-state index contributed by atoms with van der Waals surface area (Å²) in [5.74, 6) is 0.589. The van der Waals surface area contributed by atoms with E-state index in [2.05, 4.69) is 6.58 Å². The van der Waals surface area contributed by atoms with Crippen molar-refractivity contribution in [1.29, 1.82) is 0 Å². The lowest BCUT2D eigenvalue weighted by molar-refractivity contribution is -0.385. The Labute approximate surface area is 146 Å². The number of nitro benzene ring substituents is 1. The quantitative estimate of drug-likeness (QED) is 0.428. The van der Waals surface area contributed by atoms with Gasteiger partial charge in [-0.25, -0.2) is 8.42 Å². The van der Waals surface area contributed by atoms with Crippen molar-refractivity contribution in [2.24, 2.45) is 0 Å². The van der Waals surface area contributed by atoms with Crippen molar-refractivity contribution in [3.05, 3.63) is 70.8 Å². The fraction of sp³-hybridized carbons (Fsp3) is 0.176. The van der Waals surface area contributed by atoms with Gasteiger partial charge in [-0.15, -0.1) is 6.58 Å². The van der Waals surface area contributed by atoms with E-state index in [1.165, 1.54) is 25.3 Å². The maximum Gasteiger partial charge on any atom is 0.273 e. The molecule has 0 atom stereocenters. The van der Waals surface area contributed by atoms with Crippen molar-refractivity contribution in [3.8, 4) is 5.75 Å². The average molecular weight is 362 g/mol. The zero-order chi connectivity index (χ0) is 18.6. The third-order valence-corrected chi connectivity index (χ3v) is 5.41. The fourth-order valence-electron chi connectivity index (χ4n) is 2.28. The average Bonchev–Trinajstić information content (AvgIpc) is 2.59. The van der Waals surface area contributed by atoms with Gasteiger partial charge in [-0.3, -0.25) is 14.4 Å². The molecule has 132 valence electrons. The number of rotatable bonds is 7. The molecule has 8 heteroatoms. The van der Waals surface area contributed by atoms with E-state index in [0.717, 1.165) is 10.4 Å². The summed E-state index contributed by atoms with van der Waals surface area (Å²) < 4.78 is 32.2. The van der Waals surface area contributed by atoms with Crippen molar-refractivity contribution in [2.45, 2.75) is 11.8 Å². The van der Waals surface area contributed by atoms with Crippen LogP contribution in [0.5, 0.6) is 5.75 Å². The van der Waals surface area contributed by atoms with Crippen LogP contribution < -0.4 is 9.04 Å². The van der Waals surface area contributed by atoms with Crippen molar-refractivity contribution in [1.82, 2.24) is 0 Å². The second kappa shape index (κ2) is 7.35. The lowest BCUT2D eigenvalue weighted by Gasteiger charge is -2.23. The molecule has 0 unspecified atom stereocenters. The van der Waals surface area contributed by atoms with Gasteiger partial charge in [0.2, 0.25) is 0 Å². The zero-order valence-electron chi connectivity index (χ0n) is 13.9. The molecule has 0 bridgehead atoms. The number of nitro groups is 1. The standard InChI is InChI=1S/C17H18N2O5S/c1-4-11-18(14-6-8-15(24-3)9-7-14)25(22,23)16-10-5-13(2)17(12-16)19(20)21/h4-10,12H,1,11H2,2-3H3. The van der Waals surface area contributed by atoms with E-state index in [1.54, 1.807) is 31.2 Å². The van der Waals surface area contributed by atoms with Crippen LogP contribution in [0.1, 0.15) is 5.56 Å². The second-order valence-electron chi connectivity index (χ2n) is 5.23. The van der Waals surface area contributed by atoms with E-state index >= 15 is 0 Å². The molecule has 2 aromatic carbocycles. The molecule has 25 heavy (non-hydrogen) atoms. The van der Waals surface area contributed by atoms with Crippen LogP contribution in [0.4, 0.5) is 11.4 Å². The van der Waals surface area contributed by atoms with Gasteiger partial charge in [-0.1, -0.05) is 12.1 Å². The second-order valence-corrected chi connectivity index (χ2v) is 7.09. The summed E-state index contributed by atoms with van der Waals surface area (Å²) in [6, 6.07) is 10.3. The summed E-state index contributed by atoms with van der Waals surface area (Å²) in [5.41, 5.74) is 0.557. The first kappa shape index (κ1) is 18.5. The van der Waals surface area contributed by atoms with E-state index in [0.29, 0.717) is 17.0 Å². The van der Waals surface area contributed by atoms with Crippen LogP contribution in [0.25, 0.3) is 0 Å². The highest BCUT2D eigenvalue weighted by molar-refractivity contribution is 7.92. The van der Waals surface area contributed by atoms with E-state index < -0.39 is 14.9 Å². The van der Waals surface area contributed by atoms with Gasteiger partial charge in [0.25, 0.3) is 15.7 Å². The monoisotopic (exact) mass is 362 g/mol. The molecular formula is C17H18N2O5S. The summed E-state index contributed by atoms with van der Waals surface area (Å²) in [7, 11) is -2.48. The Morgan fingerprint density at radius 1 is 1.24 bits per heavy atom. The summed E-state index contributed by atoms with van der Waals surface area (Å²) in [5, 5.41) is 11.1. The van der Waals surface area contributed by atoms with Gasteiger partial charge in [-0.2, -0.15) is 0 Å². The minimum atomic E-state index is -3.99. The molecule has 7 nitrogen and oxygen atoms in total. The Bertz CT molecular complexity index is 892. The minimum absolute atomic E-state index is 0.0241. The van der Waals surface area contributed by atoms with Gasteiger partial charge in [0, 0.05) is 11.6 Å². The van der Waals surface area contributed by atoms with Gasteiger partial charge in [0.05, 0.1) is 29.2 Å². The SMILES string of the molecule is C=CCN(c1ccc(OC)cc1)S(=O)(=O)c1ccc(C)c([N+](=O)[O-])c1. The molecule has 0 aliphatic carbocycles. The highest BCUT2D eigenvalue weighted by Gasteiger charge is 2.26. The molecule has 2 rings (SSSR count). The molecule has 0 spiro atoms. The van der Waals surface area contributed by atoms with E-state index in [1.807, 2.05) is 0 Å². The van der Waals surface area contributed by atoms with E-state index in [4.69, 9.17) is 4.74 Å². The number of hydrogen-bond donors (Lipinski definition) is 0. The number of sulfonamides is 1. The first-order valence-electron chi connectivity index (χ1n) is 7.34. The first-order chi connectivity index (χ1) is 11.8. The molecule has 0 aromatic heterocycles. The van der Waals surface area contributed by atoms with Crippen LogP contribution in [0.3, 0.4) is 0 Å².